The van der Waals surface area contributed by atoms with Crippen LogP contribution >= 0.6 is 0 Å². The Hall–Kier alpha value is -2.42. The molecule has 2 aromatic rings. The number of nitrogens with one attached hydrogen (secondary N) is 1. The fraction of sp³-hybridized carbons (Fsp3) is 0.632. The predicted molar refractivity (Wildman–Crippen MR) is 206 cm³/mol. The van der Waals surface area contributed by atoms with E-state index in [-0.39, 0.29) is 78.7 Å². The average Bonchev–Trinajstić information content (AvgIpc) is 2.96. The Bertz CT molecular complexity index is 2020. The van der Waals surface area contributed by atoms with Crippen molar-refractivity contribution >= 4 is 27.2 Å². The number of hydrogen-bond acceptors (Lipinski definition) is 6. The van der Waals surface area contributed by atoms with Gasteiger partial charge in [-0.25, -0.2) is 0 Å². The molecule has 1 aliphatic heterocycles. The van der Waals surface area contributed by atoms with Gasteiger partial charge in [-0.1, -0.05) is 0 Å². The first-order valence-electron chi connectivity index (χ1n) is 18.0. The van der Waals surface area contributed by atoms with Crippen molar-refractivity contribution in [2.75, 3.05) is 129 Å². The summed E-state index contributed by atoms with van der Waals surface area (Å²) in [5.74, 6) is -0.150. The molecule has 0 amide bonds. The minimum Gasteiger partial charge on any atom is -1.00 e. The van der Waals surface area contributed by atoms with Gasteiger partial charge in [0.1, 0.15) is 0 Å². The van der Waals surface area contributed by atoms with E-state index in [1.165, 1.54) is 9.13 Å². The third-order valence-corrected chi connectivity index (χ3v) is 9.29. The molecule has 1 aliphatic carbocycles. The number of benzene rings is 2. The molecule has 1 aromatic heterocycles. The Kier molecular flexibility index (Phi) is 18.8. The lowest BCUT2D eigenvalue weighted by Gasteiger charge is -2.26. The van der Waals surface area contributed by atoms with Gasteiger partial charge in [0.05, 0.1) is 132 Å². The Balaban J connectivity index is 0.00000702. The molecule has 2 N–H and O–H groups in total. The van der Waals surface area contributed by atoms with Gasteiger partial charge in [0, 0.05) is 73.9 Å². The first-order chi connectivity index (χ1) is 23.0. The number of aromatic hydroxyl groups is 1. The molecule has 0 saturated carbocycles. The van der Waals surface area contributed by atoms with E-state index in [0.29, 0.717) is 80.7 Å². The van der Waals surface area contributed by atoms with Gasteiger partial charge < -0.3 is 78.0 Å². The molecule has 2 aliphatic rings. The number of hydrogen-bond donors (Lipinski definition) is 2. The fourth-order valence-corrected chi connectivity index (χ4v) is 6.76. The second-order valence-corrected chi connectivity index (χ2v) is 18.2. The minimum atomic E-state index is -0.385. The largest absolute Gasteiger partial charge is 1.00 e. The number of rotatable bonds is 17. The third-order valence-electron chi connectivity index (χ3n) is 9.29. The van der Waals surface area contributed by atoms with Gasteiger partial charge in [-0.05, 0) is 12.1 Å². The number of halogens is 4. The van der Waals surface area contributed by atoms with Crippen molar-refractivity contribution in [2.45, 2.75) is 38.8 Å². The van der Waals surface area contributed by atoms with Gasteiger partial charge in [0.25, 0.3) is 16.7 Å². The number of nitrogens with zero attached hydrogens (tertiary/aromatic N) is 7. The predicted octanol–water partition coefficient (Wildman–Crippen LogP) is -9.92. The second-order valence-electron chi connectivity index (χ2n) is 18.2. The molecule has 0 bridgehead atoms. The summed E-state index contributed by atoms with van der Waals surface area (Å²) in [6.07, 6.45) is 2.98. The van der Waals surface area contributed by atoms with E-state index in [1.54, 1.807) is 6.07 Å². The van der Waals surface area contributed by atoms with E-state index in [4.69, 9.17) is 4.99 Å². The van der Waals surface area contributed by atoms with Crippen LogP contribution in [-0.2, 0) is 13.1 Å². The first-order valence-corrected chi connectivity index (χ1v) is 18.0. The highest BCUT2D eigenvalue weighted by Gasteiger charge is 2.29. The van der Waals surface area contributed by atoms with Crippen LogP contribution in [0.2, 0.25) is 0 Å². The third kappa shape index (κ3) is 12.8. The zero-order valence-electron chi connectivity index (χ0n) is 34.5. The van der Waals surface area contributed by atoms with Gasteiger partial charge in [0.2, 0.25) is 5.88 Å². The summed E-state index contributed by atoms with van der Waals surface area (Å²) in [6, 6.07) is 3.54. The van der Waals surface area contributed by atoms with Gasteiger partial charge in [0.15, 0.2) is 0 Å². The molecule has 0 atom stereocenters. The van der Waals surface area contributed by atoms with Crippen LogP contribution in [0.25, 0.3) is 32.7 Å². The SMILES string of the molecule is C[N+](C)(C)CCCN=c1cc2c(=O)n(CCC[N+](C)(C)C)c(=O)c3c(NCCC[N+](C)(C)C)cc4c(O)n(CCC[N+](C)(C)C)c(=O)c1c4c3-2.[Cl-].[Cl-].[Cl-].[Cl-]. The van der Waals surface area contributed by atoms with Crippen molar-refractivity contribution in [1.82, 2.24) is 9.13 Å². The van der Waals surface area contributed by atoms with Crippen LogP contribution in [0.3, 0.4) is 0 Å². The van der Waals surface area contributed by atoms with E-state index < -0.39 is 0 Å². The highest BCUT2D eigenvalue weighted by molar-refractivity contribution is 6.18. The van der Waals surface area contributed by atoms with Gasteiger partial charge >= 0.3 is 0 Å². The molecule has 12 nitrogen and oxygen atoms in total. The van der Waals surface area contributed by atoms with Crippen LogP contribution in [0.4, 0.5) is 5.69 Å². The molecule has 1 aromatic carbocycles. The molecule has 54 heavy (non-hydrogen) atoms. The molecule has 0 unspecified atom stereocenters. The smallest absolute Gasteiger partial charge is 0.263 e. The maximum Gasteiger partial charge on any atom is 0.263 e. The number of pyridine rings is 2. The molecule has 0 fully saturated rings. The van der Waals surface area contributed by atoms with Gasteiger partial charge in [-0.3, -0.25) is 28.5 Å². The second kappa shape index (κ2) is 19.6. The number of anilines is 1. The van der Waals surface area contributed by atoms with Crippen LogP contribution in [0.5, 0.6) is 5.88 Å². The number of aromatic nitrogens is 2. The Morgan fingerprint density at radius 1 is 0.593 bits per heavy atom. The molecule has 16 heteroatoms. The molecule has 4 rings (SSSR count). The summed E-state index contributed by atoms with van der Waals surface area (Å²) in [5, 5.41) is 17.4. The van der Waals surface area contributed by atoms with Crippen molar-refractivity contribution in [1.29, 1.82) is 0 Å². The summed E-state index contributed by atoms with van der Waals surface area (Å²) in [7, 11) is 25.4. The lowest BCUT2D eigenvalue weighted by Crippen LogP contribution is -3.00. The zero-order valence-corrected chi connectivity index (χ0v) is 37.5. The van der Waals surface area contributed by atoms with Crippen LogP contribution in [-0.4, -0.2) is 156 Å². The van der Waals surface area contributed by atoms with E-state index in [0.717, 1.165) is 52.5 Å². The molecule has 0 spiro atoms. The normalized spacial score (nSPS) is 12.8. The summed E-state index contributed by atoms with van der Waals surface area (Å²) in [5.41, 5.74) is 0.234. The minimum absolute atomic E-state index is 0. The highest BCUT2D eigenvalue weighted by Crippen LogP contribution is 2.40. The average molecular weight is 839 g/mol. The van der Waals surface area contributed by atoms with Gasteiger partial charge in [-0.2, -0.15) is 0 Å². The summed E-state index contributed by atoms with van der Waals surface area (Å²) in [4.78, 5) is 48.1. The monoisotopic (exact) mass is 836 g/mol. The topological polar surface area (TPSA) is 106 Å². The Morgan fingerprint density at radius 2 is 1.06 bits per heavy atom. The Labute approximate surface area is 346 Å². The molecule has 2 heterocycles. The van der Waals surface area contributed by atoms with Gasteiger partial charge in [-0.15, -0.1) is 0 Å². The molecular formula is C38H64Cl4N8O4. The van der Waals surface area contributed by atoms with Crippen LogP contribution in [0, 0.1) is 0 Å². The van der Waals surface area contributed by atoms with Crippen LogP contribution < -0.4 is 77.0 Å². The van der Waals surface area contributed by atoms with Crippen molar-refractivity contribution in [3.63, 3.8) is 0 Å². The maximum atomic E-state index is 14.4. The van der Waals surface area contributed by atoms with Crippen molar-refractivity contribution in [3.8, 4) is 17.0 Å². The van der Waals surface area contributed by atoms with Crippen LogP contribution in [0.1, 0.15) is 25.7 Å². The quantitative estimate of drug-likeness (QED) is 0.0626. The molecule has 308 valence electrons. The highest BCUT2D eigenvalue weighted by atomic mass is 35.5. The summed E-state index contributed by atoms with van der Waals surface area (Å²) in [6.45, 7) is 5.11. The molecular weight excluding hydrogens is 774 g/mol. The lowest BCUT2D eigenvalue weighted by molar-refractivity contribution is -0.870. The van der Waals surface area contributed by atoms with Crippen molar-refractivity contribution < 1.29 is 72.7 Å². The molecule has 0 saturated heterocycles. The lowest BCUT2D eigenvalue weighted by atomic mass is 9.89. The maximum absolute atomic E-state index is 14.4. The van der Waals surface area contributed by atoms with Crippen LogP contribution in [0.15, 0.2) is 31.5 Å². The Morgan fingerprint density at radius 3 is 1.57 bits per heavy atom. The van der Waals surface area contributed by atoms with E-state index in [2.05, 4.69) is 89.9 Å². The van der Waals surface area contributed by atoms with Crippen molar-refractivity contribution in [3.05, 3.63) is 48.6 Å². The van der Waals surface area contributed by atoms with E-state index >= 15 is 0 Å². The standard InChI is InChI=1S/C38H62N8O4.4ClH/c1-43(2,3)21-13-17-39-29-25-27-32-31-28(36(48)41(37(49)33(29)31)19-15-23-45(7,8)9)26-30(40-18-14-22-44(4,5)6)34(32)38(50)42(35(27)47)20-16-24-46(10,11)12;;;;/h25-26H,13-24H2,1-12H3;4*1H/q+2;;;;/p-2. The number of quaternary nitrogens is 4. The summed E-state index contributed by atoms with van der Waals surface area (Å²) < 4.78 is 5.84. The first kappa shape index (κ1) is 51.6. The zero-order chi connectivity index (χ0) is 37.4. The van der Waals surface area contributed by atoms with E-state index in [9.17, 15) is 19.5 Å². The fourth-order valence-electron chi connectivity index (χ4n) is 6.76. The van der Waals surface area contributed by atoms with E-state index in [1.807, 2.05) is 6.07 Å². The summed E-state index contributed by atoms with van der Waals surface area (Å²) >= 11 is 0. The van der Waals surface area contributed by atoms with Crippen molar-refractivity contribution in [2.24, 2.45) is 4.99 Å². The molecule has 0 radical (unpaired) electrons.